The molecular weight excluding hydrogens is 342 g/mol. The molecule has 2 nitrogen and oxygen atoms in total. The molecule has 0 spiro atoms. The summed E-state index contributed by atoms with van der Waals surface area (Å²) >= 11 is 0.323. The largest absolute Gasteiger partial charge is 0.419 e. The van der Waals surface area contributed by atoms with E-state index in [1.54, 1.807) is 0 Å². The van der Waals surface area contributed by atoms with E-state index in [1.165, 1.54) is 12.1 Å². The molecule has 0 radical (unpaired) electrons. The molecule has 0 aromatic heterocycles. The van der Waals surface area contributed by atoms with Crippen LogP contribution in [-0.2, 0) is 12.4 Å². The molecule has 0 aliphatic carbocycles. The fourth-order valence-electron chi connectivity index (χ4n) is 1.99. The van der Waals surface area contributed by atoms with Crippen molar-refractivity contribution in [3.05, 3.63) is 47.5 Å². The number of nitrogen functional groups attached to an aromatic ring is 2. The Morgan fingerprint density at radius 3 is 1.30 bits per heavy atom. The monoisotopic (exact) mass is 352 g/mol. The van der Waals surface area contributed by atoms with Crippen LogP contribution >= 0.6 is 11.8 Å². The Labute approximate surface area is 131 Å². The van der Waals surface area contributed by atoms with Crippen LogP contribution in [0.2, 0.25) is 0 Å². The van der Waals surface area contributed by atoms with Gasteiger partial charge in [-0.05, 0) is 24.3 Å². The summed E-state index contributed by atoms with van der Waals surface area (Å²) in [4.78, 5) is -0.845. The molecule has 0 heterocycles. The van der Waals surface area contributed by atoms with E-state index in [9.17, 15) is 26.3 Å². The quantitative estimate of drug-likeness (QED) is 0.588. The van der Waals surface area contributed by atoms with Crippen LogP contribution in [0, 0.1) is 0 Å². The van der Waals surface area contributed by atoms with Gasteiger partial charge in [-0.25, -0.2) is 0 Å². The van der Waals surface area contributed by atoms with Crippen LogP contribution < -0.4 is 11.5 Å². The number of anilines is 2. The Balaban J connectivity index is 2.59. The van der Waals surface area contributed by atoms with Crippen LogP contribution in [0.25, 0.3) is 0 Å². The molecule has 0 aliphatic heterocycles. The lowest BCUT2D eigenvalue weighted by Gasteiger charge is -2.18. The Kier molecular flexibility index (Phi) is 4.43. The van der Waals surface area contributed by atoms with Crippen molar-refractivity contribution >= 4 is 23.1 Å². The van der Waals surface area contributed by atoms with Crippen molar-refractivity contribution in [2.75, 3.05) is 11.5 Å². The highest BCUT2D eigenvalue weighted by Crippen LogP contribution is 2.46. The van der Waals surface area contributed by atoms with Crippen LogP contribution in [0.1, 0.15) is 11.1 Å². The van der Waals surface area contributed by atoms with Gasteiger partial charge in [-0.2, -0.15) is 26.3 Å². The Hall–Kier alpha value is -2.03. The first-order valence-electron chi connectivity index (χ1n) is 6.11. The third-order valence-electron chi connectivity index (χ3n) is 2.90. The molecule has 2 rings (SSSR count). The van der Waals surface area contributed by atoms with Crippen LogP contribution in [0.3, 0.4) is 0 Å². The molecule has 0 atom stereocenters. The Morgan fingerprint density at radius 2 is 1.00 bits per heavy atom. The van der Waals surface area contributed by atoms with E-state index in [4.69, 9.17) is 11.5 Å². The lowest BCUT2D eigenvalue weighted by Crippen LogP contribution is -2.12. The first-order chi connectivity index (χ1) is 10.5. The zero-order valence-corrected chi connectivity index (χ0v) is 12.1. The van der Waals surface area contributed by atoms with E-state index in [2.05, 4.69) is 0 Å². The van der Waals surface area contributed by atoms with E-state index in [-0.39, 0.29) is 0 Å². The maximum Gasteiger partial charge on any atom is 0.419 e. The molecule has 124 valence electrons. The van der Waals surface area contributed by atoms with E-state index in [1.807, 2.05) is 0 Å². The standard InChI is InChI=1S/C14H10F6N2S/c15-13(16,17)11-7(21)3-1-5-9(11)23-10-6-2-4-8(22)12(10)14(18,19)20/h1-6H,21-22H2. The highest BCUT2D eigenvalue weighted by atomic mass is 32.2. The number of nitrogens with two attached hydrogens (primary N) is 2. The van der Waals surface area contributed by atoms with Crippen molar-refractivity contribution in [3.8, 4) is 0 Å². The zero-order valence-electron chi connectivity index (χ0n) is 11.3. The third-order valence-corrected chi connectivity index (χ3v) is 4.02. The maximum absolute atomic E-state index is 13.1. The highest BCUT2D eigenvalue weighted by molar-refractivity contribution is 7.99. The fraction of sp³-hybridized carbons (Fsp3) is 0.143. The van der Waals surface area contributed by atoms with Crippen LogP contribution in [0.15, 0.2) is 46.2 Å². The van der Waals surface area contributed by atoms with Crippen molar-refractivity contribution in [2.24, 2.45) is 0 Å². The maximum atomic E-state index is 13.1. The topological polar surface area (TPSA) is 52.0 Å². The smallest absolute Gasteiger partial charge is 0.398 e. The van der Waals surface area contributed by atoms with E-state index >= 15 is 0 Å². The lowest BCUT2D eigenvalue weighted by atomic mass is 10.1. The molecule has 23 heavy (non-hydrogen) atoms. The van der Waals surface area contributed by atoms with Gasteiger partial charge in [-0.3, -0.25) is 0 Å². The number of benzene rings is 2. The second-order valence-corrected chi connectivity index (χ2v) is 5.62. The minimum atomic E-state index is -4.79. The summed E-state index contributed by atoms with van der Waals surface area (Å²) in [6.07, 6.45) is -9.57. The van der Waals surface area contributed by atoms with Crippen molar-refractivity contribution in [1.82, 2.24) is 0 Å². The van der Waals surface area contributed by atoms with Crippen molar-refractivity contribution in [2.45, 2.75) is 22.1 Å². The minimum absolute atomic E-state index is 0.323. The van der Waals surface area contributed by atoms with Crippen molar-refractivity contribution in [3.63, 3.8) is 0 Å². The number of halogens is 6. The van der Waals surface area contributed by atoms with Gasteiger partial charge in [0.1, 0.15) is 0 Å². The third kappa shape index (κ3) is 3.66. The van der Waals surface area contributed by atoms with Crippen LogP contribution in [-0.4, -0.2) is 0 Å². The lowest BCUT2D eigenvalue weighted by molar-refractivity contribution is -0.139. The molecule has 0 aliphatic rings. The summed E-state index contributed by atoms with van der Waals surface area (Å²) in [5, 5.41) is 0. The van der Waals surface area contributed by atoms with E-state index in [0.29, 0.717) is 11.8 Å². The molecule has 0 unspecified atom stereocenters. The predicted molar refractivity (Wildman–Crippen MR) is 75.8 cm³/mol. The van der Waals surface area contributed by atoms with Crippen molar-refractivity contribution < 1.29 is 26.3 Å². The van der Waals surface area contributed by atoms with Gasteiger partial charge in [0.15, 0.2) is 0 Å². The predicted octanol–water partition coefficient (Wildman–Crippen LogP) is 5.04. The van der Waals surface area contributed by atoms with Crippen LogP contribution in [0.5, 0.6) is 0 Å². The van der Waals surface area contributed by atoms with Gasteiger partial charge >= 0.3 is 12.4 Å². The summed E-state index contributed by atoms with van der Waals surface area (Å²) in [5.74, 6) is 0. The number of rotatable bonds is 2. The number of hydrogen-bond donors (Lipinski definition) is 2. The van der Waals surface area contributed by atoms with E-state index in [0.717, 1.165) is 24.3 Å². The summed E-state index contributed by atoms with van der Waals surface area (Å²) in [5.41, 5.74) is 7.23. The van der Waals surface area contributed by atoms with Gasteiger partial charge in [-0.15, -0.1) is 0 Å². The normalized spacial score (nSPS) is 12.4. The fourth-order valence-corrected chi connectivity index (χ4v) is 3.19. The zero-order chi connectivity index (χ0) is 17.4. The summed E-state index contributed by atoms with van der Waals surface area (Å²) in [6.45, 7) is 0. The van der Waals surface area contributed by atoms with Gasteiger partial charge in [0.2, 0.25) is 0 Å². The molecule has 4 N–H and O–H groups in total. The van der Waals surface area contributed by atoms with Gasteiger partial charge in [0.25, 0.3) is 0 Å². The summed E-state index contributed by atoms with van der Waals surface area (Å²) in [7, 11) is 0. The second-order valence-electron chi connectivity index (χ2n) is 4.54. The van der Waals surface area contributed by atoms with E-state index < -0.39 is 44.6 Å². The van der Waals surface area contributed by atoms with Gasteiger partial charge in [-0.1, -0.05) is 23.9 Å². The van der Waals surface area contributed by atoms with Gasteiger partial charge in [0, 0.05) is 21.2 Å². The van der Waals surface area contributed by atoms with Gasteiger partial charge < -0.3 is 11.5 Å². The minimum Gasteiger partial charge on any atom is -0.398 e. The molecule has 9 heteroatoms. The average molecular weight is 352 g/mol. The van der Waals surface area contributed by atoms with Crippen molar-refractivity contribution in [1.29, 1.82) is 0 Å². The molecule has 0 fully saturated rings. The summed E-state index contributed by atoms with van der Waals surface area (Å²) < 4.78 is 78.5. The first kappa shape index (κ1) is 17.3. The average Bonchev–Trinajstić information content (AvgIpc) is 2.35. The number of hydrogen-bond acceptors (Lipinski definition) is 3. The molecule has 2 aromatic rings. The van der Waals surface area contributed by atoms with Crippen LogP contribution in [0.4, 0.5) is 37.7 Å². The molecule has 0 saturated carbocycles. The molecule has 0 amide bonds. The molecule has 0 bridgehead atoms. The molecular formula is C14H10F6N2S. The Bertz CT molecular complexity index is 663. The summed E-state index contributed by atoms with van der Waals surface area (Å²) in [6, 6.07) is 6.69. The molecule has 0 saturated heterocycles. The van der Waals surface area contributed by atoms with Gasteiger partial charge in [0.05, 0.1) is 11.1 Å². The second kappa shape index (κ2) is 5.88. The SMILES string of the molecule is Nc1cccc(Sc2cccc(N)c2C(F)(F)F)c1C(F)(F)F. The molecule has 2 aromatic carbocycles. The highest BCUT2D eigenvalue weighted by Gasteiger charge is 2.38. The first-order valence-corrected chi connectivity index (χ1v) is 6.92. The Morgan fingerprint density at radius 1 is 0.652 bits per heavy atom. The number of alkyl halides is 6.